The molecule has 0 bridgehead atoms. The first-order chi connectivity index (χ1) is 13.7. The van der Waals surface area contributed by atoms with Crippen LogP contribution < -0.4 is 5.32 Å². The van der Waals surface area contributed by atoms with E-state index in [9.17, 15) is 4.79 Å². The van der Waals surface area contributed by atoms with Crippen molar-refractivity contribution in [2.75, 3.05) is 5.32 Å². The van der Waals surface area contributed by atoms with E-state index in [1.165, 1.54) is 22.4 Å². The van der Waals surface area contributed by atoms with Crippen LogP contribution in [0.5, 0.6) is 0 Å². The number of nitrogens with one attached hydrogen (secondary N) is 1. The summed E-state index contributed by atoms with van der Waals surface area (Å²) in [4.78, 5) is 11.2. The number of allylic oxidation sites excluding steroid dienone is 2. The van der Waals surface area contributed by atoms with Crippen molar-refractivity contribution in [3.05, 3.63) is 102 Å². The second-order valence-corrected chi connectivity index (χ2v) is 7.57. The van der Waals surface area contributed by atoms with Crippen LogP contribution in [0, 0.1) is 5.92 Å². The van der Waals surface area contributed by atoms with Crippen LogP contribution in [0.2, 0.25) is 0 Å². The molecule has 0 aromatic heterocycles. The molecule has 0 fully saturated rings. The van der Waals surface area contributed by atoms with Gasteiger partial charge >= 0.3 is 5.97 Å². The van der Waals surface area contributed by atoms with Crippen molar-refractivity contribution in [1.29, 1.82) is 0 Å². The molecule has 2 aliphatic rings. The lowest BCUT2D eigenvalue weighted by Gasteiger charge is -2.38. The summed E-state index contributed by atoms with van der Waals surface area (Å²) in [5.74, 6) is -0.0689. The fraction of sp³-hybridized carbons (Fsp3) is 0.160. The third kappa shape index (κ3) is 2.80. The van der Waals surface area contributed by atoms with Crippen LogP contribution in [0.1, 0.15) is 39.9 Å². The van der Waals surface area contributed by atoms with Gasteiger partial charge in [0.15, 0.2) is 0 Å². The van der Waals surface area contributed by atoms with Crippen molar-refractivity contribution >= 4 is 11.7 Å². The Labute approximate surface area is 164 Å². The molecule has 0 saturated carbocycles. The fourth-order valence-corrected chi connectivity index (χ4v) is 4.57. The van der Waals surface area contributed by atoms with Crippen LogP contribution in [0.4, 0.5) is 5.69 Å². The number of fused-ring (bicyclic) bond motifs is 3. The molecule has 3 heteroatoms. The van der Waals surface area contributed by atoms with E-state index in [2.05, 4.69) is 59.9 Å². The van der Waals surface area contributed by atoms with E-state index in [1.54, 1.807) is 12.1 Å². The quantitative estimate of drug-likeness (QED) is 0.569. The first-order valence-electron chi connectivity index (χ1n) is 9.66. The van der Waals surface area contributed by atoms with E-state index in [0.717, 1.165) is 12.0 Å². The van der Waals surface area contributed by atoms with Gasteiger partial charge in [-0.1, -0.05) is 60.7 Å². The molecule has 0 amide bonds. The third-order valence-electron chi connectivity index (χ3n) is 5.99. The normalized spacial score (nSPS) is 22.2. The van der Waals surface area contributed by atoms with Gasteiger partial charge in [-0.05, 0) is 58.9 Å². The summed E-state index contributed by atoms with van der Waals surface area (Å²) in [6, 6.07) is 24.6. The van der Waals surface area contributed by atoms with Gasteiger partial charge in [-0.3, -0.25) is 0 Å². The predicted octanol–water partition coefficient (Wildman–Crippen LogP) is 5.88. The number of carbonyl (C=O) groups is 1. The molecular formula is C25H21NO2. The zero-order chi connectivity index (χ0) is 19.1. The van der Waals surface area contributed by atoms with Crippen LogP contribution in [-0.4, -0.2) is 11.1 Å². The van der Waals surface area contributed by atoms with Gasteiger partial charge < -0.3 is 10.4 Å². The monoisotopic (exact) mass is 367 g/mol. The Balaban J connectivity index is 1.52. The van der Waals surface area contributed by atoms with Crippen molar-refractivity contribution in [3.8, 4) is 11.1 Å². The van der Waals surface area contributed by atoms with Crippen molar-refractivity contribution in [2.45, 2.75) is 18.4 Å². The molecule has 3 nitrogen and oxygen atoms in total. The molecule has 0 saturated heterocycles. The van der Waals surface area contributed by atoms with Gasteiger partial charge in [-0.25, -0.2) is 4.79 Å². The van der Waals surface area contributed by atoms with E-state index in [1.807, 2.05) is 18.2 Å². The van der Waals surface area contributed by atoms with E-state index < -0.39 is 5.97 Å². The molecule has 3 atom stereocenters. The Hall–Kier alpha value is -3.33. The van der Waals surface area contributed by atoms with Gasteiger partial charge in [-0.15, -0.1) is 0 Å². The maximum Gasteiger partial charge on any atom is 0.335 e. The number of anilines is 1. The van der Waals surface area contributed by atoms with Crippen LogP contribution in [0.15, 0.2) is 84.9 Å². The molecule has 138 valence electrons. The Bertz CT molecular complexity index is 1050. The molecule has 5 rings (SSSR count). The van der Waals surface area contributed by atoms with E-state index in [-0.39, 0.29) is 6.04 Å². The Morgan fingerprint density at radius 3 is 2.46 bits per heavy atom. The molecular weight excluding hydrogens is 346 g/mol. The Morgan fingerprint density at radius 2 is 1.71 bits per heavy atom. The van der Waals surface area contributed by atoms with Crippen molar-refractivity contribution in [3.63, 3.8) is 0 Å². The first-order valence-corrected chi connectivity index (χ1v) is 9.66. The van der Waals surface area contributed by atoms with E-state index in [4.69, 9.17) is 5.11 Å². The maximum atomic E-state index is 11.2. The van der Waals surface area contributed by atoms with Gasteiger partial charge in [0.25, 0.3) is 0 Å². The minimum absolute atomic E-state index is 0.179. The lowest BCUT2D eigenvalue weighted by molar-refractivity contribution is 0.0697. The summed E-state index contributed by atoms with van der Waals surface area (Å²) in [6.45, 7) is 0. The smallest absolute Gasteiger partial charge is 0.335 e. The summed E-state index contributed by atoms with van der Waals surface area (Å²) in [5, 5.41) is 12.9. The second-order valence-electron chi connectivity index (χ2n) is 7.57. The fourth-order valence-electron chi connectivity index (χ4n) is 4.57. The van der Waals surface area contributed by atoms with Crippen molar-refractivity contribution in [2.24, 2.45) is 5.92 Å². The average Bonchev–Trinajstić information content (AvgIpc) is 3.24. The lowest BCUT2D eigenvalue weighted by atomic mass is 9.76. The van der Waals surface area contributed by atoms with Crippen LogP contribution in [-0.2, 0) is 0 Å². The number of carboxylic acid groups (broad SMARTS) is 1. The lowest BCUT2D eigenvalue weighted by Crippen LogP contribution is -2.29. The van der Waals surface area contributed by atoms with Gasteiger partial charge in [0.2, 0.25) is 0 Å². The molecule has 3 aromatic rings. The summed E-state index contributed by atoms with van der Waals surface area (Å²) in [5.41, 5.74) is 6.45. The van der Waals surface area contributed by atoms with Gasteiger partial charge in [0.1, 0.15) is 0 Å². The number of hydrogen-bond acceptors (Lipinski definition) is 2. The number of carboxylic acids is 1. The number of hydrogen-bond donors (Lipinski definition) is 2. The minimum Gasteiger partial charge on any atom is -0.478 e. The minimum atomic E-state index is -0.887. The topological polar surface area (TPSA) is 49.3 Å². The molecule has 28 heavy (non-hydrogen) atoms. The highest BCUT2D eigenvalue weighted by molar-refractivity contribution is 5.87. The first kappa shape index (κ1) is 16.8. The zero-order valence-corrected chi connectivity index (χ0v) is 15.4. The molecule has 2 N–H and O–H groups in total. The van der Waals surface area contributed by atoms with Crippen LogP contribution in [0.3, 0.4) is 0 Å². The summed E-state index contributed by atoms with van der Waals surface area (Å²) in [6.07, 6.45) is 5.63. The summed E-state index contributed by atoms with van der Waals surface area (Å²) >= 11 is 0. The molecule has 1 heterocycles. The van der Waals surface area contributed by atoms with Gasteiger partial charge in [0, 0.05) is 11.6 Å². The van der Waals surface area contributed by atoms with E-state index >= 15 is 0 Å². The number of rotatable bonds is 3. The third-order valence-corrected chi connectivity index (χ3v) is 5.99. The average molecular weight is 367 g/mol. The molecule has 0 spiro atoms. The van der Waals surface area contributed by atoms with Crippen molar-refractivity contribution < 1.29 is 9.90 Å². The molecule has 3 aromatic carbocycles. The number of benzene rings is 3. The highest BCUT2D eigenvalue weighted by Crippen LogP contribution is 2.50. The largest absolute Gasteiger partial charge is 0.478 e. The predicted molar refractivity (Wildman–Crippen MR) is 112 cm³/mol. The molecule has 0 radical (unpaired) electrons. The highest BCUT2D eigenvalue weighted by Gasteiger charge is 2.37. The Morgan fingerprint density at radius 1 is 0.929 bits per heavy atom. The second kappa shape index (κ2) is 6.68. The van der Waals surface area contributed by atoms with E-state index in [0.29, 0.717) is 17.4 Å². The van der Waals surface area contributed by atoms with Gasteiger partial charge in [-0.2, -0.15) is 0 Å². The standard InChI is InChI=1S/C25H21NO2/c27-25(28)18-11-9-17(10-12-18)24-21-8-4-7-20(21)22-15-19(13-14-23(22)26-24)16-5-2-1-3-6-16/h1-7,9-15,20-21,24,26H,8H2,(H,27,28)/t20-,21+,24+/m1/s1. The van der Waals surface area contributed by atoms with Crippen molar-refractivity contribution in [1.82, 2.24) is 0 Å². The highest BCUT2D eigenvalue weighted by atomic mass is 16.4. The zero-order valence-electron chi connectivity index (χ0n) is 15.4. The molecule has 1 aliphatic carbocycles. The van der Waals surface area contributed by atoms with Crippen LogP contribution >= 0.6 is 0 Å². The molecule has 1 aliphatic heterocycles. The van der Waals surface area contributed by atoms with Gasteiger partial charge in [0.05, 0.1) is 11.6 Å². The Kier molecular flexibility index (Phi) is 4.01. The SMILES string of the molecule is O=C(O)c1ccc([C@@H]2Nc3ccc(-c4ccccc4)cc3[C@@H]3C=CC[C@@H]32)cc1. The molecule has 0 unspecified atom stereocenters. The number of aromatic carboxylic acids is 1. The summed E-state index contributed by atoms with van der Waals surface area (Å²) in [7, 11) is 0. The summed E-state index contributed by atoms with van der Waals surface area (Å²) < 4.78 is 0. The van der Waals surface area contributed by atoms with Crippen LogP contribution in [0.25, 0.3) is 11.1 Å². The maximum absolute atomic E-state index is 11.2.